The highest BCUT2D eigenvalue weighted by Crippen LogP contribution is 2.29. The van der Waals surface area contributed by atoms with E-state index in [1.807, 2.05) is 0 Å². The highest BCUT2D eigenvalue weighted by Gasteiger charge is 2.17. The third-order valence-corrected chi connectivity index (χ3v) is 4.74. The van der Waals surface area contributed by atoms with Gasteiger partial charge >= 0.3 is 5.97 Å². The van der Waals surface area contributed by atoms with E-state index in [-0.39, 0.29) is 11.9 Å². The quantitative estimate of drug-likeness (QED) is 0.740. The number of esters is 1. The van der Waals surface area contributed by atoms with Crippen LogP contribution in [0.1, 0.15) is 32.5 Å². The van der Waals surface area contributed by atoms with Crippen LogP contribution in [0.5, 0.6) is 0 Å². The maximum atomic E-state index is 12.3. The Labute approximate surface area is 145 Å². The minimum atomic E-state index is -0.383. The van der Waals surface area contributed by atoms with E-state index in [1.165, 1.54) is 11.3 Å². The lowest BCUT2D eigenvalue weighted by Gasteiger charge is -2.05. The van der Waals surface area contributed by atoms with E-state index in [0.29, 0.717) is 27.1 Å². The van der Waals surface area contributed by atoms with Gasteiger partial charge in [0.15, 0.2) is 0 Å². The Morgan fingerprint density at radius 3 is 2.77 bits per heavy atom. The lowest BCUT2D eigenvalue weighted by atomic mass is 10.2. The molecule has 116 valence electrons. The number of carbonyl (C=O) groups excluding carboxylic acids is 2. The van der Waals surface area contributed by atoms with Crippen molar-refractivity contribution in [3.63, 3.8) is 0 Å². The number of carbonyl (C=O) groups is 2. The number of halogens is 2. The summed E-state index contributed by atoms with van der Waals surface area (Å²) in [6.45, 7) is 3.86. The van der Waals surface area contributed by atoms with Gasteiger partial charge in [0, 0.05) is 4.47 Å². The fourth-order valence-electron chi connectivity index (χ4n) is 1.79. The Hall–Kier alpha value is -1.37. The van der Waals surface area contributed by atoms with E-state index in [0.717, 1.165) is 10.0 Å². The number of ether oxygens (including phenoxy) is 1. The molecule has 0 aliphatic rings. The van der Waals surface area contributed by atoms with Gasteiger partial charge in [0.2, 0.25) is 0 Å². The second kappa shape index (κ2) is 7.26. The average molecular weight is 403 g/mol. The molecular weight excluding hydrogens is 390 g/mol. The standard InChI is InChI=1S/C15H13BrClNO3S/c1-3-21-15(20)13-8(2)6-12(22-13)18-14(19)10-7-9(16)4-5-11(10)17/h4-7H,3H2,1-2H3,(H,18,19). The van der Waals surface area contributed by atoms with Crippen molar-refractivity contribution < 1.29 is 14.3 Å². The van der Waals surface area contributed by atoms with Gasteiger partial charge in [-0.15, -0.1) is 11.3 Å². The molecule has 0 saturated carbocycles. The number of anilines is 1. The Bertz CT molecular complexity index is 730. The molecular formula is C15H13BrClNO3S. The molecule has 1 aromatic heterocycles. The average Bonchev–Trinajstić information content (AvgIpc) is 2.82. The zero-order valence-electron chi connectivity index (χ0n) is 11.9. The summed E-state index contributed by atoms with van der Waals surface area (Å²) in [5, 5.41) is 3.68. The van der Waals surface area contributed by atoms with Gasteiger partial charge in [-0.3, -0.25) is 4.79 Å². The summed E-state index contributed by atoms with van der Waals surface area (Å²) >= 11 is 10.5. The lowest BCUT2D eigenvalue weighted by molar-refractivity contribution is 0.0531. The van der Waals surface area contributed by atoms with Gasteiger partial charge in [-0.1, -0.05) is 27.5 Å². The molecule has 0 spiro atoms. The first kappa shape index (κ1) is 17.0. The molecule has 1 N–H and O–H groups in total. The van der Waals surface area contributed by atoms with Crippen LogP contribution in [0.2, 0.25) is 5.02 Å². The van der Waals surface area contributed by atoms with Crippen molar-refractivity contribution in [2.75, 3.05) is 11.9 Å². The van der Waals surface area contributed by atoms with Crippen LogP contribution in [-0.4, -0.2) is 18.5 Å². The first-order chi connectivity index (χ1) is 10.4. The van der Waals surface area contributed by atoms with Crippen molar-refractivity contribution in [3.8, 4) is 0 Å². The molecule has 0 aliphatic heterocycles. The van der Waals surface area contributed by atoms with Crippen molar-refractivity contribution in [2.24, 2.45) is 0 Å². The van der Waals surface area contributed by atoms with Crippen LogP contribution in [0.25, 0.3) is 0 Å². The van der Waals surface area contributed by atoms with E-state index in [9.17, 15) is 9.59 Å². The van der Waals surface area contributed by atoms with Crippen LogP contribution < -0.4 is 5.32 Å². The molecule has 0 saturated heterocycles. The molecule has 0 atom stereocenters. The number of nitrogens with one attached hydrogen (secondary N) is 1. The molecule has 1 amide bonds. The molecule has 0 radical (unpaired) electrons. The minimum Gasteiger partial charge on any atom is -0.462 e. The zero-order chi connectivity index (χ0) is 16.3. The predicted molar refractivity (Wildman–Crippen MR) is 92.1 cm³/mol. The summed E-state index contributed by atoms with van der Waals surface area (Å²) in [4.78, 5) is 24.5. The highest BCUT2D eigenvalue weighted by molar-refractivity contribution is 9.10. The summed E-state index contributed by atoms with van der Waals surface area (Å²) in [6.07, 6.45) is 0. The predicted octanol–water partition coefficient (Wildman–Crippen LogP) is 4.90. The summed E-state index contributed by atoms with van der Waals surface area (Å²) in [7, 11) is 0. The number of aryl methyl sites for hydroxylation is 1. The zero-order valence-corrected chi connectivity index (χ0v) is 15.1. The molecule has 0 fully saturated rings. The van der Waals surface area contributed by atoms with Gasteiger partial charge in [-0.25, -0.2) is 4.79 Å². The summed E-state index contributed by atoms with van der Waals surface area (Å²) in [5.41, 5.74) is 1.12. The molecule has 0 unspecified atom stereocenters. The Kier molecular flexibility index (Phi) is 5.61. The fourth-order valence-corrected chi connectivity index (χ4v) is 3.32. The Morgan fingerprint density at radius 1 is 1.36 bits per heavy atom. The van der Waals surface area contributed by atoms with Gasteiger partial charge in [-0.2, -0.15) is 0 Å². The van der Waals surface area contributed by atoms with Crippen LogP contribution in [0.3, 0.4) is 0 Å². The molecule has 2 rings (SSSR count). The van der Waals surface area contributed by atoms with Gasteiger partial charge in [0.05, 0.1) is 22.2 Å². The number of thiophene rings is 1. The van der Waals surface area contributed by atoms with E-state index >= 15 is 0 Å². The topological polar surface area (TPSA) is 55.4 Å². The largest absolute Gasteiger partial charge is 0.462 e. The number of amides is 1. The second-order valence-corrected chi connectivity index (χ2v) is 6.80. The normalized spacial score (nSPS) is 10.4. The highest BCUT2D eigenvalue weighted by atomic mass is 79.9. The maximum Gasteiger partial charge on any atom is 0.348 e. The van der Waals surface area contributed by atoms with Gasteiger partial charge in [0.1, 0.15) is 4.88 Å². The van der Waals surface area contributed by atoms with Crippen LogP contribution in [-0.2, 0) is 4.74 Å². The van der Waals surface area contributed by atoms with Gasteiger partial charge < -0.3 is 10.1 Å². The van der Waals surface area contributed by atoms with Crippen LogP contribution in [0, 0.1) is 6.92 Å². The SMILES string of the molecule is CCOC(=O)c1sc(NC(=O)c2cc(Br)ccc2Cl)cc1C. The summed E-state index contributed by atoms with van der Waals surface area (Å²) < 4.78 is 5.74. The summed E-state index contributed by atoms with van der Waals surface area (Å²) in [6, 6.07) is 6.78. The number of hydrogen-bond donors (Lipinski definition) is 1. The number of hydrogen-bond acceptors (Lipinski definition) is 4. The first-order valence-electron chi connectivity index (χ1n) is 6.46. The van der Waals surface area contributed by atoms with E-state index in [2.05, 4.69) is 21.2 Å². The number of benzene rings is 1. The minimum absolute atomic E-state index is 0.311. The van der Waals surface area contributed by atoms with E-state index in [4.69, 9.17) is 16.3 Å². The third-order valence-electron chi connectivity index (χ3n) is 2.79. The van der Waals surface area contributed by atoms with Crippen LogP contribution in [0.4, 0.5) is 5.00 Å². The molecule has 22 heavy (non-hydrogen) atoms. The third kappa shape index (κ3) is 3.88. The van der Waals surface area contributed by atoms with E-state index in [1.54, 1.807) is 38.1 Å². The Morgan fingerprint density at radius 2 is 2.09 bits per heavy atom. The van der Waals surface area contributed by atoms with Gasteiger partial charge in [0.25, 0.3) is 5.91 Å². The van der Waals surface area contributed by atoms with Crippen molar-refractivity contribution in [2.45, 2.75) is 13.8 Å². The molecule has 1 heterocycles. The molecule has 4 nitrogen and oxygen atoms in total. The van der Waals surface area contributed by atoms with Crippen LogP contribution in [0.15, 0.2) is 28.7 Å². The smallest absolute Gasteiger partial charge is 0.348 e. The van der Waals surface area contributed by atoms with Crippen molar-refractivity contribution in [1.29, 1.82) is 0 Å². The molecule has 1 aromatic carbocycles. The second-order valence-electron chi connectivity index (χ2n) is 4.42. The van der Waals surface area contributed by atoms with Crippen molar-refractivity contribution in [1.82, 2.24) is 0 Å². The Balaban J connectivity index is 2.20. The van der Waals surface area contributed by atoms with Crippen molar-refractivity contribution in [3.05, 3.63) is 49.8 Å². The van der Waals surface area contributed by atoms with Crippen LogP contribution >= 0.6 is 38.9 Å². The molecule has 0 bridgehead atoms. The first-order valence-corrected chi connectivity index (χ1v) is 8.45. The van der Waals surface area contributed by atoms with Crippen molar-refractivity contribution >= 4 is 55.7 Å². The van der Waals surface area contributed by atoms with E-state index < -0.39 is 0 Å². The maximum absolute atomic E-state index is 12.3. The molecule has 7 heteroatoms. The molecule has 0 aliphatic carbocycles. The van der Waals surface area contributed by atoms with Gasteiger partial charge in [-0.05, 0) is 43.7 Å². The summed E-state index contributed by atoms with van der Waals surface area (Å²) in [5.74, 6) is -0.714. The number of rotatable bonds is 4. The molecule has 2 aromatic rings. The monoisotopic (exact) mass is 401 g/mol. The fraction of sp³-hybridized carbons (Fsp3) is 0.200. The lowest BCUT2D eigenvalue weighted by Crippen LogP contribution is -2.11.